The molecule has 8 heteroatoms. The molecule has 0 aromatic carbocycles. The standard InChI is InChI=1S/C14H21F3N4O/c1-9-10(2)19-13(14(15,16)17)20-12(9)18-6-11-7-21(3)4-5-22-8-11/h11H,4-8H2,1-3H3,(H,18,19,20)/t11-/m1/s1. The Labute approximate surface area is 127 Å². The predicted octanol–water partition coefficient (Wildman–Crippen LogP) is 2.10. The van der Waals surface area contributed by atoms with Crippen molar-refractivity contribution in [1.29, 1.82) is 0 Å². The van der Waals surface area contributed by atoms with E-state index in [1.165, 1.54) is 0 Å². The molecule has 1 aliphatic rings. The zero-order chi connectivity index (χ0) is 16.3. The van der Waals surface area contributed by atoms with Gasteiger partial charge in [-0.2, -0.15) is 13.2 Å². The van der Waals surface area contributed by atoms with Crippen LogP contribution in [0, 0.1) is 19.8 Å². The van der Waals surface area contributed by atoms with Crippen LogP contribution in [0.5, 0.6) is 0 Å². The lowest BCUT2D eigenvalue weighted by Gasteiger charge is -2.20. The molecular formula is C14H21F3N4O. The molecule has 1 fully saturated rings. The van der Waals surface area contributed by atoms with Gasteiger partial charge in [-0.25, -0.2) is 9.97 Å². The fourth-order valence-corrected chi connectivity index (χ4v) is 2.35. The molecular weight excluding hydrogens is 297 g/mol. The number of ether oxygens (including phenoxy) is 1. The van der Waals surface area contributed by atoms with Crippen LogP contribution < -0.4 is 5.32 Å². The highest BCUT2D eigenvalue weighted by molar-refractivity contribution is 5.45. The van der Waals surface area contributed by atoms with E-state index in [1.54, 1.807) is 13.8 Å². The summed E-state index contributed by atoms with van der Waals surface area (Å²) in [5.41, 5.74) is 0.968. The van der Waals surface area contributed by atoms with Crippen molar-refractivity contribution in [2.45, 2.75) is 20.0 Å². The van der Waals surface area contributed by atoms with E-state index in [4.69, 9.17) is 4.74 Å². The van der Waals surface area contributed by atoms with Crippen LogP contribution in [0.1, 0.15) is 17.1 Å². The first kappa shape index (κ1) is 17.0. The average Bonchev–Trinajstić information content (AvgIpc) is 2.63. The van der Waals surface area contributed by atoms with Gasteiger partial charge in [0.15, 0.2) is 0 Å². The number of rotatable bonds is 3. The van der Waals surface area contributed by atoms with E-state index in [0.29, 0.717) is 31.0 Å². The molecule has 5 nitrogen and oxygen atoms in total. The number of alkyl halides is 3. The monoisotopic (exact) mass is 318 g/mol. The van der Waals surface area contributed by atoms with Gasteiger partial charge in [0.2, 0.25) is 5.82 Å². The maximum atomic E-state index is 12.8. The van der Waals surface area contributed by atoms with Gasteiger partial charge >= 0.3 is 6.18 Å². The summed E-state index contributed by atoms with van der Waals surface area (Å²) in [6, 6.07) is 0. The van der Waals surface area contributed by atoms with Crippen molar-refractivity contribution in [3.8, 4) is 0 Å². The summed E-state index contributed by atoms with van der Waals surface area (Å²) in [5, 5.41) is 3.03. The second kappa shape index (κ2) is 6.78. The number of aryl methyl sites for hydroxylation is 1. The third-order valence-corrected chi connectivity index (χ3v) is 3.74. The highest BCUT2D eigenvalue weighted by atomic mass is 19.4. The third-order valence-electron chi connectivity index (χ3n) is 3.74. The quantitative estimate of drug-likeness (QED) is 0.925. The molecule has 0 saturated carbocycles. The first-order chi connectivity index (χ1) is 10.3. The molecule has 1 aromatic rings. The van der Waals surface area contributed by atoms with Crippen LogP contribution in [0.15, 0.2) is 0 Å². The Balaban J connectivity index is 2.10. The zero-order valence-corrected chi connectivity index (χ0v) is 13.0. The van der Waals surface area contributed by atoms with Gasteiger partial charge in [0, 0.05) is 36.8 Å². The number of halogens is 3. The minimum absolute atomic E-state index is 0.205. The summed E-state index contributed by atoms with van der Waals surface area (Å²) in [4.78, 5) is 9.30. The van der Waals surface area contributed by atoms with Gasteiger partial charge in [-0.05, 0) is 20.9 Å². The predicted molar refractivity (Wildman–Crippen MR) is 76.8 cm³/mol. The Bertz CT molecular complexity index is 522. The maximum Gasteiger partial charge on any atom is 0.451 e. The third kappa shape index (κ3) is 4.30. The van der Waals surface area contributed by atoms with Crippen molar-refractivity contribution < 1.29 is 17.9 Å². The summed E-state index contributed by atoms with van der Waals surface area (Å²) in [7, 11) is 2.00. The second-order valence-corrected chi connectivity index (χ2v) is 5.69. The number of anilines is 1. The zero-order valence-electron chi connectivity index (χ0n) is 13.0. The molecule has 1 atom stereocenters. The van der Waals surface area contributed by atoms with Crippen LogP contribution in [0.4, 0.5) is 19.0 Å². The topological polar surface area (TPSA) is 50.3 Å². The van der Waals surface area contributed by atoms with Gasteiger partial charge in [0.05, 0.1) is 13.2 Å². The Morgan fingerprint density at radius 3 is 2.73 bits per heavy atom. The van der Waals surface area contributed by atoms with Crippen molar-refractivity contribution in [1.82, 2.24) is 14.9 Å². The van der Waals surface area contributed by atoms with E-state index in [0.717, 1.165) is 13.1 Å². The molecule has 1 aromatic heterocycles. The molecule has 0 radical (unpaired) electrons. The normalized spacial score (nSPS) is 20.7. The Hall–Kier alpha value is -1.41. The summed E-state index contributed by atoms with van der Waals surface area (Å²) >= 11 is 0. The molecule has 0 unspecified atom stereocenters. The second-order valence-electron chi connectivity index (χ2n) is 5.69. The Kier molecular flexibility index (Phi) is 5.23. The number of nitrogens with one attached hydrogen (secondary N) is 1. The lowest BCUT2D eigenvalue weighted by atomic mass is 10.1. The molecule has 2 heterocycles. The van der Waals surface area contributed by atoms with Crippen LogP contribution in [0.3, 0.4) is 0 Å². The van der Waals surface area contributed by atoms with Gasteiger partial charge in [0.25, 0.3) is 0 Å². The van der Waals surface area contributed by atoms with Crippen molar-refractivity contribution in [3.05, 3.63) is 17.1 Å². The van der Waals surface area contributed by atoms with E-state index < -0.39 is 12.0 Å². The number of likely N-dealkylation sites (N-methyl/N-ethyl adjacent to an activating group) is 1. The summed E-state index contributed by atoms with van der Waals surface area (Å²) in [6.07, 6.45) is -4.54. The van der Waals surface area contributed by atoms with Gasteiger partial charge in [-0.15, -0.1) is 0 Å². The van der Waals surface area contributed by atoms with E-state index in [9.17, 15) is 13.2 Å². The van der Waals surface area contributed by atoms with Crippen LogP contribution in [-0.4, -0.2) is 54.8 Å². The minimum atomic E-state index is -4.54. The molecule has 1 aliphatic heterocycles. The summed E-state index contributed by atoms with van der Waals surface area (Å²) in [5.74, 6) is -0.657. The lowest BCUT2D eigenvalue weighted by molar-refractivity contribution is -0.145. The average molecular weight is 318 g/mol. The fourth-order valence-electron chi connectivity index (χ4n) is 2.35. The molecule has 2 rings (SSSR count). The van der Waals surface area contributed by atoms with Gasteiger partial charge in [-0.1, -0.05) is 0 Å². The van der Waals surface area contributed by atoms with Crippen molar-refractivity contribution in [2.75, 3.05) is 45.2 Å². The van der Waals surface area contributed by atoms with Crippen molar-refractivity contribution >= 4 is 5.82 Å². The molecule has 0 amide bonds. The molecule has 0 spiro atoms. The van der Waals surface area contributed by atoms with E-state index in [2.05, 4.69) is 20.2 Å². The van der Waals surface area contributed by atoms with Crippen LogP contribution in [0.25, 0.3) is 0 Å². The number of hydrogen-bond acceptors (Lipinski definition) is 5. The number of aromatic nitrogens is 2. The van der Waals surface area contributed by atoms with Gasteiger partial charge in [0.1, 0.15) is 5.82 Å². The van der Waals surface area contributed by atoms with Crippen LogP contribution >= 0.6 is 0 Å². The van der Waals surface area contributed by atoms with Gasteiger partial charge < -0.3 is 15.0 Å². The number of hydrogen-bond donors (Lipinski definition) is 1. The van der Waals surface area contributed by atoms with Crippen molar-refractivity contribution in [2.24, 2.45) is 5.92 Å². The van der Waals surface area contributed by atoms with E-state index >= 15 is 0 Å². The SMILES string of the molecule is Cc1nc(C(F)(F)F)nc(NC[C@H]2COCCN(C)C2)c1C. The van der Waals surface area contributed by atoms with Crippen molar-refractivity contribution in [3.63, 3.8) is 0 Å². The fraction of sp³-hybridized carbons (Fsp3) is 0.714. The smallest absolute Gasteiger partial charge is 0.380 e. The number of nitrogens with zero attached hydrogens (tertiary/aromatic N) is 3. The first-order valence-electron chi connectivity index (χ1n) is 7.20. The Morgan fingerprint density at radius 1 is 1.32 bits per heavy atom. The summed E-state index contributed by atoms with van der Waals surface area (Å²) in [6.45, 7) is 6.75. The first-order valence-corrected chi connectivity index (χ1v) is 7.20. The lowest BCUT2D eigenvalue weighted by Crippen LogP contribution is -2.30. The van der Waals surface area contributed by atoms with Crippen LogP contribution in [0.2, 0.25) is 0 Å². The van der Waals surface area contributed by atoms with Crippen LogP contribution in [-0.2, 0) is 10.9 Å². The highest BCUT2D eigenvalue weighted by Crippen LogP contribution is 2.28. The molecule has 0 bridgehead atoms. The Morgan fingerprint density at radius 2 is 2.05 bits per heavy atom. The van der Waals surface area contributed by atoms with Gasteiger partial charge in [-0.3, -0.25) is 0 Å². The molecule has 124 valence electrons. The minimum Gasteiger partial charge on any atom is -0.380 e. The van der Waals surface area contributed by atoms with E-state index in [-0.39, 0.29) is 11.7 Å². The molecule has 1 N–H and O–H groups in total. The molecule has 1 saturated heterocycles. The molecule has 0 aliphatic carbocycles. The highest BCUT2D eigenvalue weighted by Gasteiger charge is 2.35. The van der Waals surface area contributed by atoms with E-state index in [1.807, 2.05) is 7.05 Å². The molecule has 22 heavy (non-hydrogen) atoms. The maximum absolute atomic E-state index is 12.8. The largest absolute Gasteiger partial charge is 0.451 e. The summed E-state index contributed by atoms with van der Waals surface area (Å²) < 4.78 is 43.9.